The van der Waals surface area contributed by atoms with Crippen molar-refractivity contribution in [3.05, 3.63) is 36.5 Å². The van der Waals surface area contributed by atoms with Gasteiger partial charge in [0, 0.05) is 11.6 Å². The molecule has 0 saturated heterocycles. The number of aromatic nitrogens is 1. The van der Waals surface area contributed by atoms with E-state index in [2.05, 4.69) is 9.71 Å². The van der Waals surface area contributed by atoms with E-state index >= 15 is 0 Å². The first-order valence-electron chi connectivity index (χ1n) is 6.42. The van der Waals surface area contributed by atoms with Gasteiger partial charge >= 0.3 is 5.97 Å². The Kier molecular flexibility index (Phi) is 4.24. The van der Waals surface area contributed by atoms with Crippen molar-refractivity contribution < 1.29 is 18.3 Å². The van der Waals surface area contributed by atoms with Gasteiger partial charge in [-0.3, -0.25) is 9.78 Å². The number of rotatable bonds is 5. The van der Waals surface area contributed by atoms with E-state index in [1.807, 2.05) is 0 Å². The van der Waals surface area contributed by atoms with Crippen LogP contribution in [-0.2, 0) is 14.8 Å². The van der Waals surface area contributed by atoms with Crippen LogP contribution < -0.4 is 4.72 Å². The lowest BCUT2D eigenvalue weighted by Gasteiger charge is -2.18. The van der Waals surface area contributed by atoms with E-state index in [9.17, 15) is 13.2 Å². The molecule has 21 heavy (non-hydrogen) atoms. The molecule has 2 rings (SSSR count). The Labute approximate surface area is 122 Å². The van der Waals surface area contributed by atoms with Crippen molar-refractivity contribution in [2.45, 2.75) is 24.8 Å². The number of aliphatic carboxylic acids is 1. The van der Waals surface area contributed by atoms with Crippen LogP contribution in [0.2, 0.25) is 0 Å². The maximum Gasteiger partial charge on any atom is 0.322 e. The fourth-order valence-corrected chi connectivity index (χ4v) is 3.51. The van der Waals surface area contributed by atoms with Crippen molar-refractivity contribution in [1.82, 2.24) is 9.71 Å². The molecular formula is C14H16N2O4S. The van der Waals surface area contributed by atoms with Crippen LogP contribution in [0, 0.1) is 5.92 Å². The molecular weight excluding hydrogens is 292 g/mol. The number of nitrogens with one attached hydrogen (secondary N) is 1. The van der Waals surface area contributed by atoms with Crippen molar-refractivity contribution in [2.24, 2.45) is 5.92 Å². The van der Waals surface area contributed by atoms with Gasteiger partial charge in [-0.15, -0.1) is 0 Å². The average molecular weight is 308 g/mol. The second-order valence-electron chi connectivity index (χ2n) is 5.01. The Morgan fingerprint density at radius 3 is 2.52 bits per heavy atom. The van der Waals surface area contributed by atoms with Crippen LogP contribution in [-0.4, -0.2) is 30.5 Å². The molecule has 0 radical (unpaired) electrons. The summed E-state index contributed by atoms with van der Waals surface area (Å²) < 4.78 is 27.1. The Morgan fingerprint density at radius 2 is 1.90 bits per heavy atom. The van der Waals surface area contributed by atoms with E-state index in [4.69, 9.17) is 5.11 Å². The molecule has 0 aliphatic heterocycles. The summed E-state index contributed by atoms with van der Waals surface area (Å²) >= 11 is 0. The lowest BCUT2D eigenvalue weighted by Crippen LogP contribution is -2.44. The number of nitrogens with zero attached hydrogens (tertiary/aromatic N) is 1. The average Bonchev–Trinajstić information content (AvgIpc) is 2.43. The number of pyridine rings is 1. The van der Waals surface area contributed by atoms with Gasteiger partial charge in [0.2, 0.25) is 10.0 Å². The molecule has 2 aromatic rings. The van der Waals surface area contributed by atoms with E-state index in [0.717, 1.165) is 0 Å². The minimum absolute atomic E-state index is 0.0208. The Morgan fingerprint density at radius 1 is 1.24 bits per heavy atom. The summed E-state index contributed by atoms with van der Waals surface area (Å²) in [7, 11) is -3.97. The number of para-hydroxylation sites is 1. The van der Waals surface area contributed by atoms with Crippen LogP contribution in [0.3, 0.4) is 0 Å². The molecule has 112 valence electrons. The Hall–Kier alpha value is -1.99. The monoisotopic (exact) mass is 308 g/mol. The van der Waals surface area contributed by atoms with Gasteiger partial charge in [0.15, 0.2) is 0 Å². The molecule has 1 heterocycles. The molecule has 0 aliphatic carbocycles. The van der Waals surface area contributed by atoms with Crippen molar-refractivity contribution >= 4 is 26.9 Å². The zero-order valence-corrected chi connectivity index (χ0v) is 12.5. The molecule has 0 spiro atoms. The van der Waals surface area contributed by atoms with E-state index < -0.39 is 22.0 Å². The zero-order valence-electron chi connectivity index (χ0n) is 11.6. The second kappa shape index (κ2) is 5.79. The van der Waals surface area contributed by atoms with Crippen LogP contribution >= 0.6 is 0 Å². The summed E-state index contributed by atoms with van der Waals surface area (Å²) in [6.07, 6.45) is 1.50. The summed E-state index contributed by atoms with van der Waals surface area (Å²) in [6.45, 7) is 3.28. The van der Waals surface area contributed by atoms with Gasteiger partial charge in [-0.25, -0.2) is 8.42 Å². The molecule has 0 aliphatic rings. The fraction of sp³-hybridized carbons (Fsp3) is 0.286. The minimum atomic E-state index is -3.97. The third kappa shape index (κ3) is 3.20. The van der Waals surface area contributed by atoms with Gasteiger partial charge in [-0.1, -0.05) is 32.0 Å². The van der Waals surface area contributed by atoms with Crippen LogP contribution in [0.4, 0.5) is 0 Å². The van der Waals surface area contributed by atoms with Gasteiger partial charge < -0.3 is 5.11 Å². The molecule has 0 unspecified atom stereocenters. The highest BCUT2D eigenvalue weighted by Gasteiger charge is 2.29. The Balaban J connectivity index is 2.50. The normalized spacial score (nSPS) is 13.5. The third-order valence-corrected chi connectivity index (χ3v) is 4.57. The van der Waals surface area contributed by atoms with E-state index in [1.54, 1.807) is 38.1 Å². The predicted molar refractivity (Wildman–Crippen MR) is 78.3 cm³/mol. The SMILES string of the molecule is CC(C)[C@H](NS(=O)(=O)c1cccc2cccnc12)C(=O)O. The summed E-state index contributed by atoms with van der Waals surface area (Å²) in [5, 5.41) is 9.80. The van der Waals surface area contributed by atoms with Gasteiger partial charge in [0.25, 0.3) is 0 Å². The molecule has 0 fully saturated rings. The molecule has 0 saturated carbocycles. The van der Waals surface area contributed by atoms with E-state index in [-0.39, 0.29) is 10.8 Å². The largest absolute Gasteiger partial charge is 0.480 e. The number of sulfonamides is 1. The maximum atomic E-state index is 12.5. The van der Waals surface area contributed by atoms with Crippen LogP contribution in [0.25, 0.3) is 10.9 Å². The first-order chi connectivity index (χ1) is 9.83. The molecule has 1 aromatic heterocycles. The topological polar surface area (TPSA) is 96.4 Å². The van der Waals surface area contributed by atoms with Crippen molar-refractivity contribution in [2.75, 3.05) is 0 Å². The van der Waals surface area contributed by atoms with Crippen LogP contribution in [0.5, 0.6) is 0 Å². The first kappa shape index (κ1) is 15.4. The molecule has 2 N–H and O–H groups in total. The highest BCUT2D eigenvalue weighted by atomic mass is 32.2. The van der Waals surface area contributed by atoms with E-state index in [0.29, 0.717) is 10.9 Å². The number of carboxylic acids is 1. The molecule has 0 amide bonds. The van der Waals surface area contributed by atoms with Crippen molar-refractivity contribution in [1.29, 1.82) is 0 Å². The molecule has 1 atom stereocenters. The standard InChI is InChI=1S/C14H16N2O4S/c1-9(2)12(14(17)18)16-21(19,20)11-7-3-5-10-6-4-8-15-13(10)11/h3-9,12,16H,1-2H3,(H,17,18)/t12-/m0/s1. The summed E-state index contributed by atoms with van der Waals surface area (Å²) in [5.41, 5.74) is 0.320. The van der Waals surface area contributed by atoms with Gasteiger partial charge in [0.1, 0.15) is 10.9 Å². The quantitative estimate of drug-likeness (QED) is 0.875. The zero-order chi connectivity index (χ0) is 15.6. The fourth-order valence-electron chi connectivity index (χ4n) is 2.00. The van der Waals surface area contributed by atoms with Gasteiger partial charge in [-0.2, -0.15) is 4.72 Å². The van der Waals surface area contributed by atoms with Crippen LogP contribution in [0.1, 0.15) is 13.8 Å². The van der Waals surface area contributed by atoms with Crippen LogP contribution in [0.15, 0.2) is 41.4 Å². The number of hydrogen-bond acceptors (Lipinski definition) is 4. The lowest BCUT2D eigenvalue weighted by molar-refractivity contribution is -0.140. The number of carboxylic acid groups (broad SMARTS) is 1. The van der Waals surface area contributed by atoms with Crippen molar-refractivity contribution in [3.63, 3.8) is 0 Å². The second-order valence-corrected chi connectivity index (χ2v) is 6.69. The molecule has 0 bridgehead atoms. The van der Waals surface area contributed by atoms with Crippen molar-refractivity contribution in [3.8, 4) is 0 Å². The van der Waals surface area contributed by atoms with Gasteiger partial charge in [0.05, 0.1) is 5.52 Å². The smallest absolute Gasteiger partial charge is 0.322 e. The maximum absolute atomic E-state index is 12.5. The first-order valence-corrected chi connectivity index (χ1v) is 7.90. The molecule has 6 nitrogen and oxygen atoms in total. The van der Waals surface area contributed by atoms with Gasteiger partial charge in [-0.05, 0) is 18.1 Å². The molecule has 1 aromatic carbocycles. The Bertz CT molecular complexity index is 766. The summed E-state index contributed by atoms with van der Waals surface area (Å²) in [4.78, 5) is 15.2. The summed E-state index contributed by atoms with van der Waals surface area (Å²) in [5.74, 6) is -1.58. The lowest BCUT2D eigenvalue weighted by atomic mass is 10.1. The predicted octanol–water partition coefficient (Wildman–Crippen LogP) is 1.62. The highest BCUT2D eigenvalue weighted by Crippen LogP contribution is 2.21. The number of hydrogen-bond donors (Lipinski definition) is 2. The minimum Gasteiger partial charge on any atom is -0.480 e. The molecule has 7 heteroatoms. The number of benzene rings is 1. The number of fused-ring (bicyclic) bond motifs is 1. The summed E-state index contributed by atoms with van der Waals surface area (Å²) in [6, 6.07) is 7.03. The van der Waals surface area contributed by atoms with E-state index in [1.165, 1.54) is 12.3 Å². The highest BCUT2D eigenvalue weighted by molar-refractivity contribution is 7.89. The number of carbonyl (C=O) groups is 1. The third-order valence-electron chi connectivity index (χ3n) is 3.10.